The molecule has 0 unspecified atom stereocenters. The second-order valence-electron chi connectivity index (χ2n) is 7.91. The fourth-order valence-electron chi connectivity index (χ4n) is 3.79. The van der Waals surface area contributed by atoms with E-state index in [1.807, 2.05) is 6.07 Å². The van der Waals surface area contributed by atoms with E-state index in [-0.39, 0.29) is 11.7 Å². The molecule has 0 bridgehead atoms. The number of ether oxygens (including phenoxy) is 1. The quantitative estimate of drug-likeness (QED) is 0.365. The van der Waals surface area contributed by atoms with Crippen LogP contribution in [0, 0.1) is 0 Å². The summed E-state index contributed by atoms with van der Waals surface area (Å²) in [6.07, 6.45) is 5.56. The molecular formula is C25H23N3O3S. The highest BCUT2D eigenvalue weighted by Crippen LogP contribution is 2.32. The molecule has 1 saturated carbocycles. The van der Waals surface area contributed by atoms with Crippen molar-refractivity contribution in [1.29, 1.82) is 0 Å². The maximum Gasteiger partial charge on any atom is 0.339 e. The molecule has 7 heteroatoms. The maximum atomic E-state index is 11.6. The summed E-state index contributed by atoms with van der Waals surface area (Å²) >= 11 is 1.77. The van der Waals surface area contributed by atoms with Crippen LogP contribution in [-0.2, 0) is 6.42 Å². The third-order valence-corrected chi connectivity index (χ3v) is 6.79. The molecule has 1 aliphatic rings. The summed E-state index contributed by atoms with van der Waals surface area (Å²) in [4.78, 5) is 20.3. The standard InChI is InChI=1S/C25H23N3O3S/c29-25(30)20-9-8-16(12-22(20)31-18-4-3-5-18)21-13-24(28-15-27-21)26-11-10-17-14-32-23-7-2-1-6-19(17)23/h1-2,6-9,12-15,18H,3-5,10-11H2,(H,29,30)(H,26,27,28). The van der Waals surface area contributed by atoms with E-state index >= 15 is 0 Å². The zero-order chi connectivity index (χ0) is 21.9. The lowest BCUT2D eigenvalue weighted by Crippen LogP contribution is -2.25. The predicted octanol–water partition coefficient (Wildman–Crippen LogP) is 5.64. The number of hydrogen-bond acceptors (Lipinski definition) is 6. The molecule has 5 rings (SSSR count). The number of carboxylic acid groups (broad SMARTS) is 1. The third-order valence-electron chi connectivity index (χ3n) is 5.78. The molecule has 1 fully saturated rings. The zero-order valence-electron chi connectivity index (χ0n) is 17.5. The van der Waals surface area contributed by atoms with Crippen LogP contribution in [0.25, 0.3) is 21.3 Å². The number of benzene rings is 2. The number of nitrogens with zero attached hydrogens (tertiary/aromatic N) is 2. The average molecular weight is 446 g/mol. The molecule has 0 amide bonds. The number of aromatic carboxylic acids is 1. The van der Waals surface area contributed by atoms with Gasteiger partial charge in [-0.05, 0) is 60.2 Å². The van der Waals surface area contributed by atoms with Gasteiger partial charge >= 0.3 is 5.97 Å². The lowest BCUT2D eigenvalue weighted by molar-refractivity contribution is 0.0680. The van der Waals surface area contributed by atoms with Crippen LogP contribution in [0.1, 0.15) is 35.2 Å². The van der Waals surface area contributed by atoms with Crippen molar-refractivity contribution < 1.29 is 14.6 Å². The second kappa shape index (κ2) is 8.96. The minimum atomic E-state index is -0.989. The van der Waals surface area contributed by atoms with Gasteiger partial charge < -0.3 is 15.2 Å². The molecule has 0 atom stereocenters. The number of aromatic nitrogens is 2. The Balaban J connectivity index is 1.31. The van der Waals surface area contributed by atoms with Crippen LogP contribution in [0.5, 0.6) is 5.75 Å². The molecule has 6 nitrogen and oxygen atoms in total. The Labute approximate surface area is 189 Å². The van der Waals surface area contributed by atoms with E-state index in [0.29, 0.717) is 5.75 Å². The van der Waals surface area contributed by atoms with E-state index in [1.54, 1.807) is 29.5 Å². The van der Waals surface area contributed by atoms with Gasteiger partial charge in [0.2, 0.25) is 0 Å². The molecule has 0 spiro atoms. The van der Waals surface area contributed by atoms with E-state index in [0.717, 1.165) is 49.3 Å². The monoisotopic (exact) mass is 445 g/mol. The van der Waals surface area contributed by atoms with Gasteiger partial charge in [0, 0.05) is 22.9 Å². The Bertz CT molecular complexity index is 1270. The molecule has 0 radical (unpaired) electrons. The van der Waals surface area contributed by atoms with E-state index in [9.17, 15) is 9.90 Å². The first kappa shape index (κ1) is 20.5. The normalized spacial score (nSPS) is 13.6. The molecule has 2 N–H and O–H groups in total. The molecule has 2 aromatic heterocycles. The van der Waals surface area contributed by atoms with Crippen molar-refractivity contribution in [2.75, 3.05) is 11.9 Å². The molecule has 2 heterocycles. The fourth-order valence-corrected chi connectivity index (χ4v) is 4.78. The Hall–Kier alpha value is -3.45. The van der Waals surface area contributed by atoms with Crippen molar-refractivity contribution >= 4 is 33.2 Å². The number of rotatable bonds is 8. The van der Waals surface area contributed by atoms with E-state index in [1.165, 1.54) is 22.0 Å². The summed E-state index contributed by atoms with van der Waals surface area (Å²) in [5.41, 5.74) is 3.03. The molecule has 1 aliphatic carbocycles. The van der Waals surface area contributed by atoms with Crippen LogP contribution in [0.2, 0.25) is 0 Å². The van der Waals surface area contributed by atoms with Crippen molar-refractivity contribution in [3.8, 4) is 17.0 Å². The smallest absolute Gasteiger partial charge is 0.339 e. The summed E-state index contributed by atoms with van der Waals surface area (Å²) in [5.74, 6) is 0.146. The number of hydrogen-bond donors (Lipinski definition) is 2. The van der Waals surface area contributed by atoms with Gasteiger partial charge in [-0.15, -0.1) is 11.3 Å². The molecule has 162 valence electrons. The van der Waals surface area contributed by atoms with Crippen LogP contribution in [0.15, 0.2) is 60.2 Å². The van der Waals surface area contributed by atoms with Crippen molar-refractivity contribution in [1.82, 2.24) is 9.97 Å². The number of fused-ring (bicyclic) bond motifs is 1. The Morgan fingerprint density at radius 1 is 1.16 bits per heavy atom. The Morgan fingerprint density at radius 2 is 2.03 bits per heavy atom. The minimum Gasteiger partial charge on any atom is -0.490 e. The lowest BCUT2D eigenvalue weighted by Gasteiger charge is -2.27. The van der Waals surface area contributed by atoms with Crippen molar-refractivity contribution in [3.05, 3.63) is 71.4 Å². The average Bonchev–Trinajstić information content (AvgIpc) is 3.19. The number of anilines is 1. The minimum absolute atomic E-state index is 0.0964. The van der Waals surface area contributed by atoms with Gasteiger partial charge in [0.1, 0.15) is 23.5 Å². The summed E-state index contributed by atoms with van der Waals surface area (Å²) < 4.78 is 7.24. The molecule has 4 aromatic rings. The van der Waals surface area contributed by atoms with Crippen molar-refractivity contribution in [3.63, 3.8) is 0 Å². The highest BCUT2D eigenvalue weighted by atomic mass is 32.1. The Morgan fingerprint density at radius 3 is 2.84 bits per heavy atom. The fraction of sp³-hybridized carbons (Fsp3) is 0.240. The first-order chi connectivity index (χ1) is 15.7. The number of carbonyl (C=O) groups is 1. The van der Waals surface area contributed by atoms with E-state index < -0.39 is 5.97 Å². The van der Waals surface area contributed by atoms with E-state index in [2.05, 4.69) is 44.9 Å². The van der Waals surface area contributed by atoms with Gasteiger partial charge in [0.15, 0.2) is 0 Å². The van der Waals surface area contributed by atoms with Crippen molar-refractivity contribution in [2.24, 2.45) is 0 Å². The van der Waals surface area contributed by atoms with Gasteiger partial charge in [-0.1, -0.05) is 24.3 Å². The summed E-state index contributed by atoms with van der Waals surface area (Å²) in [6, 6.07) is 15.4. The maximum absolute atomic E-state index is 11.6. The molecule has 32 heavy (non-hydrogen) atoms. The molecule has 0 aliphatic heterocycles. The van der Waals surface area contributed by atoms with Crippen LogP contribution < -0.4 is 10.1 Å². The Kier molecular flexibility index (Phi) is 5.73. The molecule has 0 saturated heterocycles. The summed E-state index contributed by atoms with van der Waals surface area (Å²) in [5, 5.41) is 16.4. The number of thiophene rings is 1. The first-order valence-corrected chi connectivity index (χ1v) is 11.6. The third kappa shape index (κ3) is 4.29. The van der Waals surface area contributed by atoms with Crippen molar-refractivity contribution in [2.45, 2.75) is 31.8 Å². The van der Waals surface area contributed by atoms with Gasteiger partial charge in [-0.2, -0.15) is 0 Å². The largest absolute Gasteiger partial charge is 0.490 e. The van der Waals surface area contributed by atoms with Crippen LogP contribution in [0.3, 0.4) is 0 Å². The zero-order valence-corrected chi connectivity index (χ0v) is 18.3. The lowest BCUT2D eigenvalue weighted by atomic mass is 9.96. The van der Waals surface area contributed by atoms with Gasteiger partial charge in [0.25, 0.3) is 0 Å². The highest BCUT2D eigenvalue weighted by molar-refractivity contribution is 7.17. The van der Waals surface area contributed by atoms with E-state index in [4.69, 9.17) is 4.74 Å². The summed E-state index contributed by atoms with van der Waals surface area (Å²) in [6.45, 7) is 0.755. The molecule has 2 aromatic carbocycles. The highest BCUT2D eigenvalue weighted by Gasteiger charge is 2.22. The summed E-state index contributed by atoms with van der Waals surface area (Å²) in [7, 11) is 0. The number of carboxylic acids is 1. The van der Waals surface area contributed by atoms with Crippen LogP contribution in [0.4, 0.5) is 5.82 Å². The topological polar surface area (TPSA) is 84.3 Å². The molecular weight excluding hydrogens is 422 g/mol. The van der Waals surface area contributed by atoms with Gasteiger partial charge in [0.05, 0.1) is 11.8 Å². The predicted molar refractivity (Wildman–Crippen MR) is 127 cm³/mol. The second-order valence-corrected chi connectivity index (χ2v) is 8.82. The SMILES string of the molecule is O=C(O)c1ccc(-c2cc(NCCc3csc4ccccc34)ncn2)cc1OC1CCC1. The van der Waals surface area contributed by atoms with Crippen LogP contribution in [-0.4, -0.2) is 33.7 Å². The first-order valence-electron chi connectivity index (χ1n) is 10.7. The van der Waals surface area contributed by atoms with Gasteiger partial charge in [-0.25, -0.2) is 14.8 Å². The number of nitrogens with one attached hydrogen (secondary N) is 1. The van der Waals surface area contributed by atoms with Crippen LogP contribution >= 0.6 is 11.3 Å². The van der Waals surface area contributed by atoms with Gasteiger partial charge in [-0.3, -0.25) is 0 Å².